The fourth-order valence-electron chi connectivity index (χ4n) is 3.84. The highest BCUT2D eigenvalue weighted by Gasteiger charge is 2.35. The summed E-state index contributed by atoms with van der Waals surface area (Å²) in [7, 11) is 6.14. The van der Waals surface area contributed by atoms with Gasteiger partial charge in [0.05, 0.1) is 0 Å². The molecule has 0 saturated heterocycles. The molecule has 3 rings (SSSR count). The molecule has 0 atom stereocenters. The summed E-state index contributed by atoms with van der Waals surface area (Å²) in [5.74, 6) is -0.988. The van der Waals surface area contributed by atoms with Crippen LogP contribution in [-0.4, -0.2) is 43.9 Å². The molecular weight excluding hydrogens is 336 g/mol. The van der Waals surface area contributed by atoms with Gasteiger partial charge in [-0.2, -0.15) is 0 Å². The standard InChI is InChI=1S/C23H28N2O2/c1-23(2)20-14-18(24(3)4)10-8-16(20)13-17-9-11-19(15-21(17)23)25(5)12-6-7-22(26)27/h8-11,13-15H,6-7,12H2,1-5H3. The number of carboxylic acids is 1. The number of rotatable bonds is 5. The zero-order chi connectivity index (χ0) is 19.8. The molecule has 142 valence electrons. The summed E-state index contributed by atoms with van der Waals surface area (Å²) >= 11 is 0. The highest BCUT2D eigenvalue weighted by molar-refractivity contribution is 6.04. The Bertz CT molecular complexity index is 897. The van der Waals surface area contributed by atoms with Gasteiger partial charge in [-0.25, -0.2) is 4.58 Å². The van der Waals surface area contributed by atoms with Gasteiger partial charge in [-0.3, -0.25) is 0 Å². The van der Waals surface area contributed by atoms with E-state index in [1.54, 1.807) is 0 Å². The van der Waals surface area contributed by atoms with Crippen molar-refractivity contribution in [2.75, 3.05) is 32.6 Å². The third-order valence-electron chi connectivity index (χ3n) is 5.56. The highest BCUT2D eigenvalue weighted by atomic mass is 16.4. The number of carbonyl (C=O) groups is 1. The van der Waals surface area contributed by atoms with Crippen molar-refractivity contribution in [3.63, 3.8) is 0 Å². The fourth-order valence-corrected chi connectivity index (χ4v) is 3.84. The minimum Gasteiger partial charge on any atom is -0.550 e. The second-order valence-corrected chi connectivity index (χ2v) is 8.10. The van der Waals surface area contributed by atoms with Crippen LogP contribution in [0.3, 0.4) is 0 Å². The summed E-state index contributed by atoms with van der Waals surface area (Å²) in [6, 6.07) is 6.53. The Morgan fingerprint density at radius 3 is 2.59 bits per heavy atom. The molecule has 0 amide bonds. The molecule has 2 aliphatic carbocycles. The number of carboxylic acid groups (broad SMARTS) is 1. The SMILES string of the molecule is CN(CCCC(=O)[O-])c1ccc2c(c1)C(C)(C)C1=CC(=[N+](C)C)C=CC1=C2. The summed E-state index contributed by atoms with van der Waals surface area (Å²) in [5, 5.41) is 10.6. The average Bonchev–Trinajstić information content (AvgIpc) is 2.61. The molecule has 0 N–H and O–H groups in total. The quantitative estimate of drug-likeness (QED) is 0.755. The molecule has 1 aromatic rings. The Hall–Kier alpha value is -2.62. The third-order valence-corrected chi connectivity index (χ3v) is 5.56. The lowest BCUT2D eigenvalue weighted by Crippen LogP contribution is -2.29. The topological polar surface area (TPSA) is 46.4 Å². The molecule has 0 saturated carbocycles. The molecule has 27 heavy (non-hydrogen) atoms. The van der Waals surface area contributed by atoms with Crippen LogP contribution in [0.2, 0.25) is 0 Å². The molecule has 0 spiro atoms. The van der Waals surface area contributed by atoms with Crippen molar-refractivity contribution in [3.05, 3.63) is 58.7 Å². The van der Waals surface area contributed by atoms with Crippen LogP contribution in [0, 0.1) is 0 Å². The van der Waals surface area contributed by atoms with Gasteiger partial charge in [-0.1, -0.05) is 19.9 Å². The second-order valence-electron chi connectivity index (χ2n) is 8.10. The van der Waals surface area contributed by atoms with Gasteiger partial charge in [-0.15, -0.1) is 0 Å². The first-order valence-corrected chi connectivity index (χ1v) is 9.42. The van der Waals surface area contributed by atoms with Crippen molar-refractivity contribution < 1.29 is 14.5 Å². The fraction of sp³-hybridized carbons (Fsp3) is 0.391. The van der Waals surface area contributed by atoms with Gasteiger partial charge in [0.15, 0.2) is 5.71 Å². The average molecular weight is 364 g/mol. The molecule has 4 heteroatoms. The molecule has 2 aliphatic rings. The maximum absolute atomic E-state index is 10.6. The smallest absolute Gasteiger partial charge is 0.199 e. The van der Waals surface area contributed by atoms with Crippen molar-refractivity contribution in [2.45, 2.75) is 32.1 Å². The molecule has 0 heterocycles. The number of fused-ring (bicyclic) bond motifs is 2. The first-order chi connectivity index (χ1) is 12.7. The number of allylic oxidation sites excluding steroid dienone is 5. The van der Waals surface area contributed by atoms with Gasteiger partial charge in [0.1, 0.15) is 14.1 Å². The molecule has 0 fully saturated rings. The Labute approximate surface area is 161 Å². The van der Waals surface area contributed by atoms with E-state index in [4.69, 9.17) is 0 Å². The number of nitrogens with zero attached hydrogens (tertiary/aromatic N) is 2. The second kappa shape index (κ2) is 7.18. The number of aliphatic carboxylic acids is 1. The van der Waals surface area contributed by atoms with Crippen LogP contribution >= 0.6 is 0 Å². The van der Waals surface area contributed by atoms with Gasteiger partial charge in [0, 0.05) is 42.8 Å². The summed E-state index contributed by atoms with van der Waals surface area (Å²) in [5.41, 5.74) is 7.36. The van der Waals surface area contributed by atoms with Crippen molar-refractivity contribution in [1.82, 2.24) is 0 Å². The monoisotopic (exact) mass is 364 g/mol. The van der Waals surface area contributed by atoms with Crippen LogP contribution in [0.15, 0.2) is 47.6 Å². The lowest BCUT2D eigenvalue weighted by molar-refractivity contribution is -0.462. The minimum absolute atomic E-state index is 0.0925. The number of anilines is 1. The van der Waals surface area contributed by atoms with E-state index < -0.39 is 5.97 Å². The lowest BCUT2D eigenvalue weighted by Gasteiger charge is -2.36. The predicted molar refractivity (Wildman–Crippen MR) is 109 cm³/mol. The van der Waals surface area contributed by atoms with Crippen LogP contribution in [-0.2, 0) is 10.2 Å². The molecular formula is C23H28N2O2. The van der Waals surface area contributed by atoms with Gasteiger partial charge >= 0.3 is 0 Å². The lowest BCUT2D eigenvalue weighted by atomic mass is 9.67. The van der Waals surface area contributed by atoms with Gasteiger partial charge in [0.25, 0.3) is 0 Å². The summed E-state index contributed by atoms with van der Waals surface area (Å²) in [4.78, 5) is 12.8. The molecule has 1 aromatic carbocycles. The first-order valence-electron chi connectivity index (χ1n) is 9.42. The maximum atomic E-state index is 10.6. The first kappa shape index (κ1) is 19.2. The molecule has 0 radical (unpaired) electrons. The zero-order valence-corrected chi connectivity index (χ0v) is 16.9. The molecule has 0 bridgehead atoms. The molecule has 4 nitrogen and oxygen atoms in total. The predicted octanol–water partition coefficient (Wildman–Crippen LogP) is 2.54. The van der Waals surface area contributed by atoms with Crippen LogP contribution in [0.5, 0.6) is 0 Å². The zero-order valence-electron chi connectivity index (χ0n) is 16.9. The summed E-state index contributed by atoms with van der Waals surface area (Å²) in [6.45, 7) is 5.24. The van der Waals surface area contributed by atoms with E-state index >= 15 is 0 Å². The van der Waals surface area contributed by atoms with Crippen LogP contribution in [0.4, 0.5) is 5.69 Å². The summed E-state index contributed by atoms with van der Waals surface area (Å²) in [6.07, 6.45) is 9.58. The largest absolute Gasteiger partial charge is 0.550 e. The Morgan fingerprint density at radius 1 is 1.19 bits per heavy atom. The Balaban J connectivity index is 1.96. The normalized spacial score (nSPS) is 16.9. The number of carbonyl (C=O) groups excluding carboxylic acids is 1. The Kier molecular flexibility index (Phi) is 5.09. The number of hydrogen-bond acceptors (Lipinski definition) is 3. The molecule has 0 aliphatic heterocycles. The van der Waals surface area contributed by atoms with Crippen LogP contribution < -0.4 is 10.0 Å². The van der Waals surface area contributed by atoms with Crippen LogP contribution in [0.25, 0.3) is 6.08 Å². The van der Waals surface area contributed by atoms with Crippen molar-refractivity contribution in [1.29, 1.82) is 0 Å². The van der Waals surface area contributed by atoms with Gasteiger partial charge in [0.2, 0.25) is 0 Å². The number of hydrogen-bond donors (Lipinski definition) is 0. The van der Waals surface area contributed by atoms with E-state index in [9.17, 15) is 9.90 Å². The van der Waals surface area contributed by atoms with Gasteiger partial charge < -0.3 is 14.8 Å². The third kappa shape index (κ3) is 3.75. The maximum Gasteiger partial charge on any atom is 0.199 e. The highest BCUT2D eigenvalue weighted by Crippen LogP contribution is 2.45. The van der Waals surface area contributed by atoms with Crippen molar-refractivity contribution in [2.24, 2.45) is 0 Å². The van der Waals surface area contributed by atoms with E-state index in [-0.39, 0.29) is 11.8 Å². The van der Waals surface area contributed by atoms with Crippen molar-refractivity contribution >= 4 is 23.4 Å². The van der Waals surface area contributed by atoms with Crippen LogP contribution in [0.1, 0.15) is 37.8 Å². The summed E-state index contributed by atoms with van der Waals surface area (Å²) < 4.78 is 2.13. The van der Waals surface area contributed by atoms with E-state index in [0.29, 0.717) is 13.0 Å². The van der Waals surface area contributed by atoms with E-state index in [1.807, 2.05) is 7.05 Å². The van der Waals surface area contributed by atoms with Crippen molar-refractivity contribution in [3.8, 4) is 0 Å². The molecule has 0 unspecified atom stereocenters. The Morgan fingerprint density at radius 2 is 1.93 bits per heavy atom. The van der Waals surface area contributed by atoms with E-state index in [0.717, 1.165) is 5.69 Å². The number of benzene rings is 1. The minimum atomic E-state index is -0.988. The van der Waals surface area contributed by atoms with Gasteiger partial charge in [-0.05, 0) is 59.4 Å². The molecule has 0 aromatic heterocycles. The van der Waals surface area contributed by atoms with E-state index in [1.165, 1.54) is 28.0 Å². The van der Waals surface area contributed by atoms with E-state index in [2.05, 4.69) is 79.9 Å².